The van der Waals surface area contributed by atoms with E-state index in [1.54, 1.807) is 0 Å². The number of phenolic OH excluding ortho intramolecular Hbond substituents is 2. The number of benzene rings is 2. The zero-order valence-corrected chi connectivity index (χ0v) is 10.8. The molecule has 0 saturated heterocycles. The molecule has 5 N–H and O–H groups in total. The number of anilines is 1. The maximum Gasteiger partial charge on any atom is 0.255 e. The Kier molecular flexibility index (Phi) is 4.10. The molecule has 0 unspecified atom stereocenters. The van der Waals surface area contributed by atoms with Crippen LogP contribution in [0.2, 0.25) is 0 Å². The van der Waals surface area contributed by atoms with E-state index in [2.05, 4.69) is 5.32 Å². The van der Waals surface area contributed by atoms with E-state index < -0.39 is 0 Å². The zero-order chi connectivity index (χ0) is 14.5. The number of hydrogen-bond acceptors (Lipinski definition) is 4. The lowest BCUT2D eigenvalue weighted by Crippen LogP contribution is -2.25. The third kappa shape index (κ3) is 3.41. The molecule has 104 valence electrons. The zero-order valence-electron chi connectivity index (χ0n) is 10.8. The van der Waals surface area contributed by atoms with Gasteiger partial charge in [-0.25, -0.2) is 0 Å². The van der Waals surface area contributed by atoms with Crippen molar-refractivity contribution < 1.29 is 15.0 Å². The summed E-state index contributed by atoms with van der Waals surface area (Å²) in [7, 11) is 0. The molecule has 2 aromatic carbocycles. The fraction of sp³-hybridized carbons (Fsp3) is 0.133. The molecule has 0 spiro atoms. The first-order chi connectivity index (χ1) is 9.56. The van der Waals surface area contributed by atoms with Crippen molar-refractivity contribution in [2.24, 2.45) is 0 Å². The largest absolute Gasteiger partial charge is 0.508 e. The van der Waals surface area contributed by atoms with Crippen LogP contribution in [0.5, 0.6) is 11.5 Å². The minimum atomic E-state index is -0.377. The molecule has 0 bridgehead atoms. The number of carbonyl (C=O) groups excluding carboxylic acids is 1. The summed E-state index contributed by atoms with van der Waals surface area (Å²) in [6.07, 6.45) is 0.671. The van der Waals surface area contributed by atoms with Gasteiger partial charge in [-0.1, -0.05) is 12.1 Å². The van der Waals surface area contributed by atoms with Gasteiger partial charge in [0.2, 0.25) is 0 Å². The normalized spacial score (nSPS) is 10.2. The van der Waals surface area contributed by atoms with E-state index in [0.717, 1.165) is 11.6 Å². The van der Waals surface area contributed by atoms with Crippen molar-refractivity contribution in [3.05, 3.63) is 53.6 Å². The molecule has 0 atom stereocenters. The first-order valence-electron chi connectivity index (χ1n) is 6.21. The maximum atomic E-state index is 11.8. The van der Waals surface area contributed by atoms with Gasteiger partial charge in [-0.2, -0.15) is 0 Å². The molecule has 0 radical (unpaired) electrons. The van der Waals surface area contributed by atoms with Crippen molar-refractivity contribution >= 4 is 11.6 Å². The number of nitrogens with one attached hydrogen (secondary N) is 1. The van der Waals surface area contributed by atoms with Crippen LogP contribution in [0.1, 0.15) is 15.9 Å². The Morgan fingerprint density at radius 1 is 1.10 bits per heavy atom. The monoisotopic (exact) mass is 272 g/mol. The highest BCUT2D eigenvalue weighted by Crippen LogP contribution is 2.22. The summed E-state index contributed by atoms with van der Waals surface area (Å²) in [5.41, 5.74) is 7.49. The van der Waals surface area contributed by atoms with Gasteiger partial charge in [-0.05, 0) is 36.2 Å². The Morgan fingerprint density at radius 2 is 1.80 bits per heavy atom. The van der Waals surface area contributed by atoms with Gasteiger partial charge in [0.05, 0.1) is 5.56 Å². The number of phenols is 2. The lowest BCUT2D eigenvalue weighted by atomic mass is 10.1. The molecule has 2 aromatic rings. The topological polar surface area (TPSA) is 95.6 Å². The van der Waals surface area contributed by atoms with E-state index in [4.69, 9.17) is 10.8 Å². The Hall–Kier alpha value is -2.69. The Labute approximate surface area is 116 Å². The van der Waals surface area contributed by atoms with Crippen LogP contribution in [-0.2, 0) is 6.42 Å². The molecule has 0 aliphatic carbocycles. The smallest absolute Gasteiger partial charge is 0.255 e. The Morgan fingerprint density at radius 3 is 2.45 bits per heavy atom. The molecule has 1 amide bonds. The SMILES string of the molecule is Nc1ccc(CCNC(=O)c2ccc(O)cc2O)cc1. The van der Waals surface area contributed by atoms with Crippen molar-refractivity contribution in [3.63, 3.8) is 0 Å². The van der Waals surface area contributed by atoms with Gasteiger partial charge in [-0.15, -0.1) is 0 Å². The Balaban J connectivity index is 1.90. The van der Waals surface area contributed by atoms with Crippen LogP contribution in [0.4, 0.5) is 5.69 Å². The van der Waals surface area contributed by atoms with Crippen molar-refractivity contribution in [1.29, 1.82) is 0 Å². The molecule has 0 aliphatic rings. The number of hydrogen-bond donors (Lipinski definition) is 4. The van der Waals surface area contributed by atoms with Gasteiger partial charge in [0.1, 0.15) is 11.5 Å². The highest BCUT2D eigenvalue weighted by Gasteiger charge is 2.10. The van der Waals surface area contributed by atoms with E-state index in [1.165, 1.54) is 12.1 Å². The van der Waals surface area contributed by atoms with Crippen LogP contribution >= 0.6 is 0 Å². The molecular weight excluding hydrogens is 256 g/mol. The van der Waals surface area contributed by atoms with Crippen LogP contribution in [0.15, 0.2) is 42.5 Å². The quantitative estimate of drug-likeness (QED) is 0.636. The first-order valence-corrected chi connectivity index (χ1v) is 6.21. The fourth-order valence-corrected chi connectivity index (χ4v) is 1.81. The third-order valence-corrected chi connectivity index (χ3v) is 2.90. The van der Waals surface area contributed by atoms with Crippen molar-refractivity contribution in [2.75, 3.05) is 12.3 Å². The molecule has 5 heteroatoms. The number of aromatic hydroxyl groups is 2. The van der Waals surface area contributed by atoms with E-state index in [9.17, 15) is 9.90 Å². The minimum absolute atomic E-state index is 0.0825. The summed E-state index contributed by atoms with van der Waals surface area (Å²) in [5.74, 6) is -0.700. The van der Waals surface area contributed by atoms with Gasteiger partial charge in [-0.3, -0.25) is 4.79 Å². The summed E-state index contributed by atoms with van der Waals surface area (Å²) >= 11 is 0. The molecule has 0 fully saturated rings. The summed E-state index contributed by atoms with van der Waals surface area (Å²) in [5, 5.41) is 21.4. The van der Waals surface area contributed by atoms with Crippen molar-refractivity contribution in [3.8, 4) is 11.5 Å². The summed E-state index contributed by atoms with van der Waals surface area (Å²) in [6, 6.07) is 11.3. The number of rotatable bonds is 4. The van der Waals surface area contributed by atoms with E-state index in [0.29, 0.717) is 18.7 Å². The molecule has 0 aromatic heterocycles. The molecule has 0 saturated carbocycles. The predicted molar refractivity (Wildman–Crippen MR) is 76.7 cm³/mol. The molecule has 0 heterocycles. The lowest BCUT2D eigenvalue weighted by molar-refractivity contribution is 0.0951. The molecular formula is C15H16N2O3. The van der Waals surface area contributed by atoms with Crippen LogP contribution < -0.4 is 11.1 Å². The van der Waals surface area contributed by atoms with Crippen molar-refractivity contribution in [2.45, 2.75) is 6.42 Å². The van der Waals surface area contributed by atoms with Crippen molar-refractivity contribution in [1.82, 2.24) is 5.32 Å². The van der Waals surface area contributed by atoms with Gasteiger partial charge >= 0.3 is 0 Å². The van der Waals surface area contributed by atoms with Gasteiger partial charge in [0, 0.05) is 18.3 Å². The minimum Gasteiger partial charge on any atom is -0.508 e. The van der Waals surface area contributed by atoms with Crippen LogP contribution in [0.3, 0.4) is 0 Å². The number of carbonyl (C=O) groups is 1. The number of amides is 1. The van der Waals surface area contributed by atoms with Gasteiger partial charge < -0.3 is 21.3 Å². The van der Waals surface area contributed by atoms with Crippen LogP contribution in [0.25, 0.3) is 0 Å². The fourth-order valence-electron chi connectivity index (χ4n) is 1.81. The average Bonchev–Trinajstić information content (AvgIpc) is 2.41. The van der Waals surface area contributed by atoms with E-state index >= 15 is 0 Å². The molecule has 2 rings (SSSR count). The molecule has 0 aliphatic heterocycles. The third-order valence-electron chi connectivity index (χ3n) is 2.90. The highest BCUT2D eigenvalue weighted by atomic mass is 16.3. The second kappa shape index (κ2) is 5.97. The standard InChI is InChI=1S/C15H16N2O3/c16-11-3-1-10(2-4-11)7-8-17-15(20)13-6-5-12(18)9-14(13)19/h1-6,9,18-19H,7-8,16H2,(H,17,20). The van der Waals surface area contributed by atoms with Gasteiger partial charge in [0.15, 0.2) is 0 Å². The second-order valence-electron chi connectivity index (χ2n) is 4.45. The summed E-state index contributed by atoms with van der Waals surface area (Å²) in [6.45, 7) is 0.447. The van der Waals surface area contributed by atoms with E-state index in [-0.39, 0.29) is 23.0 Å². The molecule has 5 nitrogen and oxygen atoms in total. The second-order valence-corrected chi connectivity index (χ2v) is 4.45. The Bertz CT molecular complexity index is 609. The lowest BCUT2D eigenvalue weighted by Gasteiger charge is -2.07. The summed E-state index contributed by atoms with van der Waals surface area (Å²) < 4.78 is 0. The van der Waals surface area contributed by atoms with Gasteiger partial charge in [0.25, 0.3) is 5.91 Å². The highest BCUT2D eigenvalue weighted by molar-refractivity contribution is 5.96. The number of nitrogens with two attached hydrogens (primary N) is 1. The van der Waals surface area contributed by atoms with Crippen LogP contribution in [-0.4, -0.2) is 22.7 Å². The maximum absolute atomic E-state index is 11.8. The first kappa shape index (κ1) is 13.7. The summed E-state index contributed by atoms with van der Waals surface area (Å²) in [4.78, 5) is 11.8. The van der Waals surface area contributed by atoms with E-state index in [1.807, 2.05) is 24.3 Å². The molecule has 20 heavy (non-hydrogen) atoms. The predicted octanol–water partition coefficient (Wildman–Crippen LogP) is 1.65. The number of nitrogen functional groups attached to an aromatic ring is 1. The van der Waals surface area contributed by atoms with Crippen LogP contribution in [0, 0.1) is 0 Å². The average molecular weight is 272 g/mol.